The van der Waals surface area contributed by atoms with Gasteiger partial charge in [0.25, 0.3) is 26.1 Å². The second-order valence-electron chi connectivity index (χ2n) is 9.51. The molecule has 0 saturated heterocycles. The van der Waals surface area contributed by atoms with Gasteiger partial charge < -0.3 is 15.8 Å². The van der Waals surface area contributed by atoms with Gasteiger partial charge in [0.1, 0.15) is 5.75 Å². The third kappa shape index (κ3) is 6.91. The summed E-state index contributed by atoms with van der Waals surface area (Å²) >= 11 is 0. The first-order chi connectivity index (χ1) is 19.7. The Labute approximate surface area is 243 Å². The minimum Gasteiger partial charge on any atom is -0.495 e. The number of nitrogen functional groups attached to an aromatic ring is 1. The fourth-order valence-electron chi connectivity index (χ4n) is 4.41. The van der Waals surface area contributed by atoms with E-state index in [9.17, 15) is 30.7 Å². The maximum Gasteiger partial charge on any atom is 0.294 e. The second-order valence-corrected chi connectivity index (χ2v) is 12.3. The molecule has 0 aliphatic heterocycles. The standard InChI is InChI=1S/C28H28N4O8S2/c1-16-11-20(5-4-6-22-23(16)13-21(41(34,35)36)14-27(22)42(37,38)39)30-28(33)18-7-9-19(10-8-18)31-32-25-15-26(40-3)24(29)12-17(25)2/h4-5,7-15,20H,6,29H2,1-3H3,(H,30,33)(H,34,35,36)(H,37,38,39)/b5-4+,16-11+,32-31?. The van der Waals surface area contributed by atoms with Gasteiger partial charge in [-0.3, -0.25) is 13.9 Å². The number of nitrogens with one attached hydrogen (secondary N) is 1. The summed E-state index contributed by atoms with van der Waals surface area (Å²) in [7, 11) is -8.08. The first kappa shape index (κ1) is 30.6. The Morgan fingerprint density at radius 2 is 1.69 bits per heavy atom. The van der Waals surface area contributed by atoms with E-state index >= 15 is 0 Å². The molecule has 5 N–H and O–H groups in total. The number of methoxy groups -OCH3 is 1. The third-order valence-electron chi connectivity index (χ3n) is 6.53. The highest BCUT2D eigenvalue weighted by atomic mass is 32.2. The first-order valence-electron chi connectivity index (χ1n) is 12.4. The number of carbonyl (C=O) groups is 1. The molecule has 0 heterocycles. The molecule has 0 bridgehead atoms. The van der Waals surface area contributed by atoms with Gasteiger partial charge >= 0.3 is 0 Å². The fourth-order valence-corrected chi connectivity index (χ4v) is 5.80. The monoisotopic (exact) mass is 612 g/mol. The van der Waals surface area contributed by atoms with Crippen molar-refractivity contribution in [3.05, 3.63) is 89.0 Å². The molecule has 3 aromatic carbocycles. The predicted molar refractivity (Wildman–Crippen MR) is 157 cm³/mol. The third-order valence-corrected chi connectivity index (χ3v) is 8.28. The molecule has 3 aromatic rings. The maximum atomic E-state index is 13.0. The van der Waals surface area contributed by atoms with Crippen LogP contribution in [-0.4, -0.2) is 45.0 Å². The average Bonchev–Trinajstić information content (AvgIpc) is 2.90. The number of nitrogens with zero attached hydrogens (tertiary/aromatic N) is 2. The van der Waals surface area contributed by atoms with Crippen molar-refractivity contribution in [1.82, 2.24) is 5.32 Å². The Kier molecular flexibility index (Phi) is 8.63. The normalized spacial score (nSPS) is 17.5. The summed E-state index contributed by atoms with van der Waals surface area (Å²) in [5.74, 6) is 0.0674. The zero-order valence-corrected chi connectivity index (χ0v) is 24.4. The van der Waals surface area contributed by atoms with E-state index in [1.807, 2.05) is 6.92 Å². The number of amides is 1. The van der Waals surface area contributed by atoms with Crippen LogP contribution in [0, 0.1) is 6.92 Å². The van der Waals surface area contributed by atoms with Crippen LogP contribution in [0.3, 0.4) is 0 Å². The Morgan fingerprint density at radius 1 is 1.00 bits per heavy atom. The number of hydrogen-bond acceptors (Lipinski definition) is 9. The lowest BCUT2D eigenvalue weighted by Gasteiger charge is -2.19. The maximum absolute atomic E-state index is 13.0. The van der Waals surface area contributed by atoms with Crippen molar-refractivity contribution in [2.45, 2.75) is 36.1 Å². The lowest BCUT2D eigenvalue weighted by molar-refractivity contribution is 0.0950. The molecule has 1 amide bonds. The molecule has 1 unspecified atom stereocenters. The highest BCUT2D eigenvalue weighted by molar-refractivity contribution is 7.86. The van der Waals surface area contributed by atoms with Gasteiger partial charge in [-0.1, -0.05) is 18.2 Å². The number of ether oxygens (including phenoxy) is 1. The van der Waals surface area contributed by atoms with Crippen LogP contribution < -0.4 is 15.8 Å². The van der Waals surface area contributed by atoms with Gasteiger partial charge in [0.15, 0.2) is 0 Å². The smallest absolute Gasteiger partial charge is 0.294 e. The van der Waals surface area contributed by atoms with E-state index < -0.39 is 42.0 Å². The van der Waals surface area contributed by atoms with Gasteiger partial charge in [0.05, 0.1) is 40.0 Å². The molecule has 0 fully saturated rings. The number of carbonyl (C=O) groups excluding carboxylic acids is 1. The van der Waals surface area contributed by atoms with Crippen molar-refractivity contribution in [3.63, 3.8) is 0 Å². The van der Waals surface area contributed by atoms with Crippen LogP contribution in [0.25, 0.3) is 5.57 Å². The molecule has 0 saturated carbocycles. The van der Waals surface area contributed by atoms with Crippen LogP contribution in [0.2, 0.25) is 0 Å². The van der Waals surface area contributed by atoms with Crippen molar-refractivity contribution >= 4 is 48.8 Å². The lowest BCUT2D eigenvalue weighted by Crippen LogP contribution is -2.32. The van der Waals surface area contributed by atoms with Crippen LogP contribution in [-0.2, 0) is 26.7 Å². The number of nitrogens with two attached hydrogens (primary N) is 1. The summed E-state index contributed by atoms with van der Waals surface area (Å²) in [5, 5.41) is 11.3. The van der Waals surface area contributed by atoms with Crippen LogP contribution in [0.5, 0.6) is 5.75 Å². The molecule has 0 aromatic heterocycles. The zero-order chi connectivity index (χ0) is 30.8. The van der Waals surface area contributed by atoms with E-state index in [2.05, 4.69) is 15.5 Å². The van der Waals surface area contributed by atoms with Gasteiger partial charge in [-0.2, -0.15) is 27.1 Å². The minimum absolute atomic E-state index is 0.00677. The number of allylic oxidation sites excluding steroid dienone is 2. The highest BCUT2D eigenvalue weighted by Crippen LogP contribution is 2.33. The summed E-state index contributed by atoms with van der Waals surface area (Å²) in [4.78, 5) is 11.7. The minimum atomic E-state index is -4.81. The number of aryl methyl sites for hydroxylation is 1. The molecule has 12 nitrogen and oxygen atoms in total. The van der Waals surface area contributed by atoms with Crippen LogP contribution in [0.15, 0.2) is 86.8 Å². The van der Waals surface area contributed by atoms with E-state index in [-0.39, 0.29) is 17.5 Å². The van der Waals surface area contributed by atoms with Crippen molar-refractivity contribution in [3.8, 4) is 5.75 Å². The molecule has 1 aliphatic carbocycles. The summed E-state index contributed by atoms with van der Waals surface area (Å²) < 4.78 is 72.0. The molecule has 0 radical (unpaired) electrons. The number of anilines is 1. The molecule has 1 aliphatic rings. The van der Waals surface area contributed by atoms with Crippen LogP contribution in [0.1, 0.15) is 34.0 Å². The van der Waals surface area contributed by atoms with E-state index in [0.717, 1.165) is 11.6 Å². The van der Waals surface area contributed by atoms with Gasteiger partial charge in [0.2, 0.25) is 0 Å². The Hall–Kier alpha value is -4.37. The Morgan fingerprint density at radius 3 is 2.31 bits per heavy atom. The summed E-state index contributed by atoms with van der Waals surface area (Å²) in [6.45, 7) is 3.44. The summed E-state index contributed by atoms with van der Waals surface area (Å²) in [6, 6.07) is 11.0. The van der Waals surface area contributed by atoms with Crippen molar-refractivity contribution < 1.29 is 35.5 Å². The summed E-state index contributed by atoms with van der Waals surface area (Å²) in [6.07, 6.45) is 4.83. The molecule has 4 rings (SSSR count). The van der Waals surface area contributed by atoms with Gasteiger partial charge in [-0.15, -0.1) is 0 Å². The number of hydrogen-bond donors (Lipinski definition) is 4. The van der Waals surface area contributed by atoms with E-state index in [1.54, 1.807) is 61.5 Å². The largest absolute Gasteiger partial charge is 0.495 e. The molecule has 220 valence electrons. The molecular formula is C28H28N4O8S2. The van der Waals surface area contributed by atoms with Crippen molar-refractivity contribution in [2.24, 2.45) is 10.2 Å². The zero-order valence-electron chi connectivity index (χ0n) is 22.8. The van der Waals surface area contributed by atoms with E-state index in [0.29, 0.717) is 40.0 Å². The van der Waals surface area contributed by atoms with E-state index in [1.165, 1.54) is 7.11 Å². The quantitative estimate of drug-likeness (QED) is 0.125. The van der Waals surface area contributed by atoms with Gasteiger partial charge in [0, 0.05) is 11.6 Å². The highest BCUT2D eigenvalue weighted by Gasteiger charge is 2.25. The van der Waals surface area contributed by atoms with Gasteiger partial charge in [-0.25, -0.2) is 0 Å². The number of rotatable bonds is 7. The molecule has 0 spiro atoms. The predicted octanol–water partition coefficient (Wildman–Crippen LogP) is 4.81. The fraction of sp³-hybridized carbons (Fsp3) is 0.179. The first-order valence-corrected chi connectivity index (χ1v) is 15.3. The molecule has 42 heavy (non-hydrogen) atoms. The van der Waals surface area contributed by atoms with Crippen molar-refractivity contribution in [1.29, 1.82) is 0 Å². The number of benzene rings is 3. The van der Waals surface area contributed by atoms with Crippen LogP contribution in [0.4, 0.5) is 17.1 Å². The summed E-state index contributed by atoms with van der Waals surface area (Å²) in [5.41, 5.74) is 9.38. The number of fused-ring (bicyclic) bond motifs is 1. The number of azo groups is 1. The van der Waals surface area contributed by atoms with Crippen molar-refractivity contribution in [2.75, 3.05) is 12.8 Å². The molecule has 14 heteroatoms. The Balaban J connectivity index is 1.56. The van der Waals surface area contributed by atoms with Crippen LogP contribution >= 0.6 is 0 Å². The van der Waals surface area contributed by atoms with Gasteiger partial charge in [-0.05, 0) is 85.0 Å². The molecule has 1 atom stereocenters. The Bertz CT molecular complexity index is 1860. The average molecular weight is 613 g/mol. The topological polar surface area (TPSA) is 198 Å². The molecular weight excluding hydrogens is 584 g/mol. The SMILES string of the molecule is COc1cc(N=Nc2ccc(C(=O)NC3/C=C/Cc4c(cc(S(=O)(=O)O)cc4S(=O)(=O)O)/C(C)=C/3)cc2)c(C)cc1N. The van der Waals surface area contributed by atoms with E-state index in [4.69, 9.17) is 10.5 Å². The lowest BCUT2D eigenvalue weighted by atomic mass is 9.94. The second kappa shape index (κ2) is 11.9.